The van der Waals surface area contributed by atoms with E-state index >= 15 is 0 Å². The third-order valence-electron chi connectivity index (χ3n) is 2.29. The van der Waals surface area contributed by atoms with Crippen LogP contribution in [0.4, 0.5) is 0 Å². The smallest absolute Gasteiger partial charge is 0.0661 e. The Kier molecular flexibility index (Phi) is 4.29. The Morgan fingerprint density at radius 1 is 1.27 bits per heavy atom. The molecule has 1 aromatic carbocycles. The van der Waals surface area contributed by atoms with Gasteiger partial charge in [-0.1, -0.05) is 37.3 Å². The molecule has 15 heavy (non-hydrogen) atoms. The Hall–Kier alpha value is -1.37. The first-order chi connectivity index (χ1) is 7.19. The Bertz CT molecular complexity index is 382. The summed E-state index contributed by atoms with van der Waals surface area (Å²) in [6, 6.07) is 8.45. The van der Waals surface area contributed by atoms with Crippen molar-refractivity contribution in [3.63, 3.8) is 0 Å². The lowest BCUT2D eigenvalue weighted by molar-refractivity contribution is 1.12. The maximum absolute atomic E-state index is 4.55. The average molecular weight is 201 g/mol. The molecule has 0 amide bonds. The molecule has 0 fully saturated rings. The van der Waals surface area contributed by atoms with Gasteiger partial charge in [0, 0.05) is 11.3 Å². The van der Waals surface area contributed by atoms with Crippen LogP contribution in [0.5, 0.6) is 0 Å². The molecule has 0 bridgehead atoms. The third kappa shape index (κ3) is 3.05. The molecule has 0 atom stereocenters. The van der Waals surface area contributed by atoms with Crippen molar-refractivity contribution in [2.75, 3.05) is 0 Å². The summed E-state index contributed by atoms with van der Waals surface area (Å²) in [5.41, 5.74) is 4.78. The second-order valence-electron chi connectivity index (χ2n) is 3.74. The van der Waals surface area contributed by atoms with E-state index in [-0.39, 0.29) is 0 Å². The van der Waals surface area contributed by atoms with Gasteiger partial charge in [0.05, 0.1) is 5.70 Å². The van der Waals surface area contributed by atoms with Crippen LogP contribution in [-0.4, -0.2) is 5.71 Å². The summed E-state index contributed by atoms with van der Waals surface area (Å²) in [5.74, 6) is 0. The molecule has 0 spiro atoms. The second kappa shape index (κ2) is 5.50. The van der Waals surface area contributed by atoms with Crippen molar-refractivity contribution in [2.45, 2.75) is 34.1 Å². The molecule has 0 aliphatic rings. The fourth-order valence-electron chi connectivity index (χ4n) is 1.60. The summed E-state index contributed by atoms with van der Waals surface area (Å²) in [6.07, 6.45) is 3.12. The molecule has 80 valence electrons. The lowest BCUT2D eigenvalue weighted by Crippen LogP contribution is -1.92. The molecule has 0 radical (unpaired) electrons. The van der Waals surface area contributed by atoms with Crippen LogP contribution < -0.4 is 0 Å². The Labute approximate surface area is 92.6 Å². The number of rotatable bonds is 3. The number of benzene rings is 1. The molecular formula is C14H19N. The lowest BCUT2D eigenvalue weighted by atomic mass is 10.0. The summed E-state index contributed by atoms with van der Waals surface area (Å²) in [4.78, 5) is 4.55. The molecule has 1 nitrogen and oxygen atoms in total. The number of hydrogen-bond donors (Lipinski definition) is 0. The van der Waals surface area contributed by atoms with Crippen molar-refractivity contribution in [1.29, 1.82) is 0 Å². The van der Waals surface area contributed by atoms with Gasteiger partial charge in [0.1, 0.15) is 0 Å². The molecule has 1 aromatic rings. The molecule has 1 rings (SSSR count). The summed E-state index contributed by atoms with van der Waals surface area (Å²) < 4.78 is 0. The van der Waals surface area contributed by atoms with Crippen molar-refractivity contribution < 1.29 is 0 Å². The van der Waals surface area contributed by atoms with Gasteiger partial charge in [-0.25, -0.2) is 0 Å². The largest absolute Gasteiger partial charge is 0.258 e. The van der Waals surface area contributed by atoms with E-state index in [9.17, 15) is 0 Å². The topological polar surface area (TPSA) is 12.4 Å². The van der Waals surface area contributed by atoms with Gasteiger partial charge in [0.2, 0.25) is 0 Å². The Balaban J connectivity index is 3.19. The highest BCUT2D eigenvalue weighted by molar-refractivity contribution is 5.86. The van der Waals surface area contributed by atoms with Crippen molar-refractivity contribution in [3.05, 3.63) is 41.5 Å². The lowest BCUT2D eigenvalue weighted by Gasteiger charge is -2.08. The van der Waals surface area contributed by atoms with Gasteiger partial charge < -0.3 is 0 Å². The van der Waals surface area contributed by atoms with Crippen molar-refractivity contribution >= 4 is 11.4 Å². The molecule has 0 heterocycles. The van der Waals surface area contributed by atoms with Gasteiger partial charge in [-0.05, 0) is 32.8 Å². The number of allylic oxidation sites excluding steroid dienone is 1. The van der Waals surface area contributed by atoms with Crippen LogP contribution >= 0.6 is 0 Å². The number of aliphatic imine (C=N–C) groups is 1. The highest BCUT2D eigenvalue weighted by atomic mass is 14.7. The minimum atomic E-state index is 1.05. The molecular weight excluding hydrogens is 182 g/mol. The standard InChI is InChI=1S/C14H19N/c1-5-12-9-7-8-10-13(12)14(6-2)15-11(3)4/h6-10H,5H2,1-4H3/b14-6-. The van der Waals surface area contributed by atoms with Crippen molar-refractivity contribution in [1.82, 2.24) is 0 Å². The molecule has 0 N–H and O–H groups in total. The van der Waals surface area contributed by atoms with Crippen LogP contribution in [0, 0.1) is 0 Å². The van der Waals surface area contributed by atoms with Crippen molar-refractivity contribution in [2.24, 2.45) is 4.99 Å². The maximum atomic E-state index is 4.55. The van der Waals surface area contributed by atoms with E-state index in [2.05, 4.69) is 42.3 Å². The van der Waals surface area contributed by atoms with E-state index < -0.39 is 0 Å². The number of hydrogen-bond acceptors (Lipinski definition) is 1. The van der Waals surface area contributed by atoms with E-state index in [4.69, 9.17) is 0 Å². The average Bonchev–Trinajstić information content (AvgIpc) is 2.25. The zero-order valence-electron chi connectivity index (χ0n) is 10.0. The third-order valence-corrected chi connectivity index (χ3v) is 2.29. The highest BCUT2D eigenvalue weighted by Crippen LogP contribution is 2.21. The summed E-state index contributed by atoms with van der Waals surface area (Å²) in [5, 5.41) is 0. The number of aryl methyl sites for hydroxylation is 1. The van der Waals surface area contributed by atoms with Gasteiger partial charge in [0.25, 0.3) is 0 Å². The molecule has 0 unspecified atom stereocenters. The molecule has 0 aliphatic carbocycles. The fourth-order valence-corrected chi connectivity index (χ4v) is 1.60. The monoisotopic (exact) mass is 201 g/mol. The van der Waals surface area contributed by atoms with E-state index in [0.717, 1.165) is 17.8 Å². The van der Waals surface area contributed by atoms with Crippen LogP contribution in [0.1, 0.15) is 38.8 Å². The second-order valence-corrected chi connectivity index (χ2v) is 3.74. The van der Waals surface area contributed by atoms with Crippen molar-refractivity contribution in [3.8, 4) is 0 Å². The van der Waals surface area contributed by atoms with Crippen LogP contribution in [0.2, 0.25) is 0 Å². The molecule has 0 aromatic heterocycles. The molecule has 0 saturated heterocycles. The Morgan fingerprint density at radius 3 is 2.47 bits per heavy atom. The normalized spacial score (nSPS) is 11.3. The minimum Gasteiger partial charge on any atom is -0.258 e. The molecule has 0 aliphatic heterocycles. The predicted molar refractivity (Wildman–Crippen MR) is 68.3 cm³/mol. The molecule has 0 saturated carbocycles. The summed E-state index contributed by atoms with van der Waals surface area (Å²) >= 11 is 0. The first-order valence-electron chi connectivity index (χ1n) is 5.45. The summed E-state index contributed by atoms with van der Waals surface area (Å²) in [6.45, 7) is 8.26. The predicted octanol–water partition coefficient (Wildman–Crippen LogP) is 4.09. The van der Waals surface area contributed by atoms with Crippen LogP contribution in [-0.2, 0) is 6.42 Å². The first kappa shape index (κ1) is 11.7. The van der Waals surface area contributed by atoms with E-state index in [1.165, 1.54) is 11.1 Å². The van der Waals surface area contributed by atoms with Crippen LogP contribution in [0.25, 0.3) is 5.70 Å². The fraction of sp³-hybridized carbons (Fsp3) is 0.357. The zero-order valence-corrected chi connectivity index (χ0v) is 10.0. The first-order valence-corrected chi connectivity index (χ1v) is 5.45. The van der Waals surface area contributed by atoms with E-state index in [1.807, 2.05) is 20.8 Å². The van der Waals surface area contributed by atoms with Crippen LogP contribution in [0.15, 0.2) is 35.3 Å². The SMILES string of the molecule is C/C=C(\N=C(C)C)c1ccccc1CC. The van der Waals surface area contributed by atoms with E-state index in [1.54, 1.807) is 0 Å². The minimum absolute atomic E-state index is 1.05. The van der Waals surface area contributed by atoms with E-state index in [0.29, 0.717) is 0 Å². The number of nitrogens with zero attached hydrogens (tertiary/aromatic N) is 1. The maximum Gasteiger partial charge on any atom is 0.0661 e. The Morgan fingerprint density at radius 2 is 1.93 bits per heavy atom. The highest BCUT2D eigenvalue weighted by Gasteiger charge is 2.03. The van der Waals surface area contributed by atoms with Gasteiger partial charge in [-0.15, -0.1) is 0 Å². The van der Waals surface area contributed by atoms with Gasteiger partial charge in [0.15, 0.2) is 0 Å². The van der Waals surface area contributed by atoms with Gasteiger partial charge >= 0.3 is 0 Å². The quantitative estimate of drug-likeness (QED) is 0.653. The molecule has 1 heteroatoms. The van der Waals surface area contributed by atoms with Gasteiger partial charge in [-0.3, -0.25) is 4.99 Å². The summed E-state index contributed by atoms with van der Waals surface area (Å²) in [7, 11) is 0. The van der Waals surface area contributed by atoms with Crippen LogP contribution in [0.3, 0.4) is 0 Å². The van der Waals surface area contributed by atoms with Gasteiger partial charge in [-0.2, -0.15) is 0 Å². The zero-order chi connectivity index (χ0) is 11.3.